The summed E-state index contributed by atoms with van der Waals surface area (Å²) >= 11 is 10.2. The number of hydrogen-bond donors (Lipinski definition) is 0. The molecule has 26 heavy (non-hydrogen) atoms. The molecule has 0 saturated heterocycles. The maximum Gasteiger partial charge on any atom is 0.192 e. The molecule has 0 bridgehead atoms. The van der Waals surface area contributed by atoms with Crippen molar-refractivity contribution in [2.24, 2.45) is 0 Å². The van der Waals surface area contributed by atoms with E-state index in [9.17, 15) is 13.2 Å². The van der Waals surface area contributed by atoms with Gasteiger partial charge in [-0.3, -0.25) is 4.79 Å². The Morgan fingerprint density at radius 2 is 2.00 bits per heavy atom. The van der Waals surface area contributed by atoms with Crippen LogP contribution in [0.3, 0.4) is 0 Å². The molecule has 0 spiro atoms. The van der Waals surface area contributed by atoms with Gasteiger partial charge in [-0.05, 0) is 25.3 Å². The highest BCUT2D eigenvalue weighted by molar-refractivity contribution is 9.09. The van der Waals surface area contributed by atoms with Gasteiger partial charge in [0.15, 0.2) is 15.6 Å². The molecular weight excluding hydrogens is 436 g/mol. The molecule has 0 saturated carbocycles. The van der Waals surface area contributed by atoms with Gasteiger partial charge >= 0.3 is 0 Å². The zero-order chi connectivity index (χ0) is 19.4. The zero-order valence-corrected chi connectivity index (χ0v) is 17.8. The fourth-order valence-electron chi connectivity index (χ4n) is 3.32. The number of halogens is 2. The first kappa shape index (κ1) is 21.1. The van der Waals surface area contributed by atoms with Crippen LogP contribution >= 0.6 is 27.5 Å². The summed E-state index contributed by atoms with van der Waals surface area (Å²) in [4.78, 5) is 11.8. The second-order valence-electron chi connectivity index (χ2n) is 6.34. The maximum absolute atomic E-state index is 12.9. The highest BCUT2D eigenvalue weighted by atomic mass is 79.9. The van der Waals surface area contributed by atoms with Crippen LogP contribution in [0, 0.1) is 0 Å². The average Bonchev–Trinajstić information content (AvgIpc) is 2.60. The highest BCUT2D eigenvalue weighted by Gasteiger charge is 2.46. The first-order valence-electron chi connectivity index (χ1n) is 8.34. The lowest BCUT2D eigenvalue weighted by Gasteiger charge is -2.36. The number of benzene rings is 1. The number of allylic oxidation sites excluding steroid dienone is 3. The SMILES string of the molecule is C=CCS(=O)(=O)C1C(C)=C(C(=O)c2ccccc2)C=CC1(Cl)CCCBr. The second-order valence-corrected chi connectivity index (χ2v) is 9.97. The van der Waals surface area contributed by atoms with E-state index in [2.05, 4.69) is 22.5 Å². The second kappa shape index (κ2) is 8.68. The summed E-state index contributed by atoms with van der Waals surface area (Å²) in [5.41, 5.74) is 1.41. The molecule has 0 fully saturated rings. The van der Waals surface area contributed by atoms with Crippen LogP contribution in [0.4, 0.5) is 0 Å². The van der Waals surface area contributed by atoms with Gasteiger partial charge in [0.05, 0.1) is 10.6 Å². The van der Waals surface area contributed by atoms with E-state index in [1.54, 1.807) is 43.3 Å². The molecule has 3 nitrogen and oxygen atoms in total. The Morgan fingerprint density at radius 3 is 2.58 bits per heavy atom. The molecule has 2 rings (SSSR count). The molecule has 0 amide bonds. The van der Waals surface area contributed by atoms with Crippen LogP contribution in [0.1, 0.15) is 30.1 Å². The van der Waals surface area contributed by atoms with Gasteiger partial charge in [0.2, 0.25) is 0 Å². The van der Waals surface area contributed by atoms with E-state index in [4.69, 9.17) is 11.6 Å². The third kappa shape index (κ3) is 4.38. The Hall–Kier alpha value is -1.17. The van der Waals surface area contributed by atoms with Crippen molar-refractivity contribution in [3.63, 3.8) is 0 Å². The molecule has 1 aromatic carbocycles. The topological polar surface area (TPSA) is 51.2 Å². The Morgan fingerprint density at radius 1 is 1.35 bits per heavy atom. The van der Waals surface area contributed by atoms with E-state index in [1.165, 1.54) is 6.08 Å². The van der Waals surface area contributed by atoms with E-state index in [0.717, 1.165) is 11.8 Å². The third-order valence-corrected chi connectivity index (χ3v) is 7.88. The molecule has 1 aliphatic carbocycles. The quantitative estimate of drug-likeness (QED) is 0.318. The van der Waals surface area contributed by atoms with Crippen LogP contribution in [-0.2, 0) is 9.84 Å². The minimum absolute atomic E-state index is 0.182. The Bertz CT molecular complexity index is 843. The number of hydrogen-bond acceptors (Lipinski definition) is 3. The van der Waals surface area contributed by atoms with Gasteiger partial charge in [-0.25, -0.2) is 8.42 Å². The molecule has 0 radical (unpaired) electrons. The molecule has 0 aliphatic heterocycles. The molecule has 2 atom stereocenters. The molecule has 0 heterocycles. The molecule has 1 aromatic rings. The number of carbonyl (C=O) groups is 1. The largest absolute Gasteiger partial charge is 0.289 e. The minimum Gasteiger partial charge on any atom is -0.289 e. The van der Waals surface area contributed by atoms with Gasteiger partial charge < -0.3 is 0 Å². The Balaban J connectivity index is 2.55. The zero-order valence-electron chi connectivity index (χ0n) is 14.6. The maximum atomic E-state index is 12.9. The Labute approximate surface area is 168 Å². The van der Waals surface area contributed by atoms with Crippen molar-refractivity contribution >= 4 is 43.2 Å². The highest BCUT2D eigenvalue weighted by Crippen LogP contribution is 2.41. The van der Waals surface area contributed by atoms with Gasteiger partial charge in [-0.15, -0.1) is 18.2 Å². The summed E-state index contributed by atoms with van der Waals surface area (Å²) in [5.74, 6) is -0.379. The van der Waals surface area contributed by atoms with Crippen LogP contribution < -0.4 is 0 Å². The van der Waals surface area contributed by atoms with Crippen molar-refractivity contribution < 1.29 is 13.2 Å². The van der Waals surface area contributed by atoms with Crippen molar-refractivity contribution in [3.8, 4) is 0 Å². The summed E-state index contributed by atoms with van der Waals surface area (Å²) < 4.78 is 25.9. The summed E-state index contributed by atoms with van der Waals surface area (Å²) in [6.07, 6.45) is 5.92. The van der Waals surface area contributed by atoms with Crippen LogP contribution in [0.2, 0.25) is 0 Å². The molecule has 0 N–H and O–H groups in total. The first-order valence-corrected chi connectivity index (χ1v) is 11.6. The average molecular weight is 458 g/mol. The lowest BCUT2D eigenvalue weighted by Crippen LogP contribution is -2.45. The predicted octanol–water partition coefficient (Wildman–Crippen LogP) is 4.88. The fourth-order valence-corrected chi connectivity index (χ4v) is 6.35. The summed E-state index contributed by atoms with van der Waals surface area (Å²) in [5, 5.41) is -0.233. The molecule has 140 valence electrons. The third-order valence-electron chi connectivity index (χ3n) is 4.46. The number of sulfone groups is 1. The smallest absolute Gasteiger partial charge is 0.192 e. The van der Waals surface area contributed by atoms with Crippen LogP contribution in [0.15, 0.2) is 66.3 Å². The normalized spacial score (nSPS) is 23.1. The van der Waals surface area contributed by atoms with Crippen LogP contribution in [-0.4, -0.2) is 35.4 Å². The molecule has 0 aromatic heterocycles. The Kier molecular flexibility index (Phi) is 7.05. The van der Waals surface area contributed by atoms with Crippen molar-refractivity contribution in [2.45, 2.75) is 29.9 Å². The van der Waals surface area contributed by atoms with Gasteiger partial charge in [0.25, 0.3) is 0 Å². The lowest BCUT2D eigenvalue weighted by molar-refractivity contribution is 0.103. The standard InChI is InChI=1S/C20H22BrClO3S/c1-3-14-26(24,25)19-15(2)17(10-12-20(19,22)11-7-13-21)18(23)16-8-5-4-6-9-16/h3-6,8-10,12,19H,1,7,11,13-14H2,2H3. The number of Topliss-reactive ketones (excluding diaryl/α,β-unsaturated/α-hetero) is 1. The predicted molar refractivity (Wildman–Crippen MR) is 112 cm³/mol. The van der Waals surface area contributed by atoms with Gasteiger partial charge in [0.1, 0.15) is 5.25 Å². The lowest BCUT2D eigenvalue weighted by atomic mass is 9.84. The number of carbonyl (C=O) groups excluding carboxylic acids is 1. The fraction of sp³-hybridized carbons (Fsp3) is 0.350. The van der Waals surface area contributed by atoms with Crippen molar-refractivity contribution in [3.05, 3.63) is 71.8 Å². The van der Waals surface area contributed by atoms with Crippen LogP contribution in [0.25, 0.3) is 0 Å². The van der Waals surface area contributed by atoms with Crippen LogP contribution in [0.5, 0.6) is 0 Å². The summed E-state index contributed by atoms with van der Waals surface area (Å²) in [7, 11) is -3.60. The van der Waals surface area contributed by atoms with E-state index in [1.807, 2.05) is 6.07 Å². The number of rotatable bonds is 8. The molecule has 6 heteroatoms. The van der Waals surface area contributed by atoms with Crippen molar-refractivity contribution in [1.29, 1.82) is 0 Å². The molecule has 1 aliphatic rings. The monoisotopic (exact) mass is 456 g/mol. The van der Waals surface area contributed by atoms with E-state index in [-0.39, 0.29) is 11.5 Å². The van der Waals surface area contributed by atoms with E-state index >= 15 is 0 Å². The van der Waals surface area contributed by atoms with E-state index in [0.29, 0.717) is 23.1 Å². The summed E-state index contributed by atoms with van der Waals surface area (Å²) in [6.45, 7) is 5.24. The van der Waals surface area contributed by atoms with Gasteiger partial charge in [0, 0.05) is 16.5 Å². The van der Waals surface area contributed by atoms with Crippen molar-refractivity contribution in [1.82, 2.24) is 0 Å². The number of ketones is 1. The van der Waals surface area contributed by atoms with Gasteiger partial charge in [-0.2, -0.15) is 0 Å². The van der Waals surface area contributed by atoms with E-state index < -0.39 is 20.0 Å². The molecule has 2 unspecified atom stereocenters. The van der Waals surface area contributed by atoms with Crippen molar-refractivity contribution in [2.75, 3.05) is 11.1 Å². The molecular formula is C20H22BrClO3S. The summed E-state index contributed by atoms with van der Waals surface area (Å²) in [6, 6.07) is 8.83. The number of alkyl halides is 2. The van der Waals surface area contributed by atoms with Gasteiger partial charge in [-0.1, -0.05) is 64.5 Å². The first-order chi connectivity index (χ1) is 12.3. The minimum atomic E-state index is -3.60.